The molecule has 2 aromatic rings. The third-order valence-electron chi connectivity index (χ3n) is 4.05. The second kappa shape index (κ2) is 5.16. The van der Waals surface area contributed by atoms with Crippen LogP contribution in [0.2, 0.25) is 0 Å². The molecule has 1 fully saturated rings. The summed E-state index contributed by atoms with van der Waals surface area (Å²) >= 11 is 0. The van der Waals surface area contributed by atoms with Gasteiger partial charge < -0.3 is 10.4 Å². The molecule has 1 aliphatic carbocycles. The van der Waals surface area contributed by atoms with Gasteiger partial charge in [-0.15, -0.1) is 0 Å². The average molecular weight is 253 g/mol. The minimum atomic E-state index is -0.128. The topological polar surface area (TPSA) is 32.3 Å². The van der Waals surface area contributed by atoms with Crippen LogP contribution < -0.4 is 5.32 Å². The first-order chi connectivity index (χ1) is 9.34. The van der Waals surface area contributed by atoms with Crippen LogP contribution in [-0.2, 0) is 6.54 Å². The second-order valence-electron chi connectivity index (χ2n) is 5.32. The van der Waals surface area contributed by atoms with Crippen LogP contribution in [0, 0.1) is 0 Å². The summed E-state index contributed by atoms with van der Waals surface area (Å²) in [6.45, 7) is 1.00. The van der Waals surface area contributed by atoms with Crippen molar-refractivity contribution in [2.75, 3.05) is 6.61 Å². The van der Waals surface area contributed by atoms with E-state index in [0.717, 1.165) is 13.0 Å². The van der Waals surface area contributed by atoms with Gasteiger partial charge in [-0.05, 0) is 17.5 Å². The molecule has 0 bridgehead atoms. The Labute approximate surface area is 114 Å². The highest BCUT2D eigenvalue weighted by atomic mass is 16.3. The molecule has 0 saturated heterocycles. The third-order valence-corrected chi connectivity index (χ3v) is 4.05. The summed E-state index contributed by atoms with van der Waals surface area (Å²) in [7, 11) is 0. The maximum Gasteiger partial charge on any atom is 0.0619 e. The number of aliphatic hydroxyl groups is 1. The van der Waals surface area contributed by atoms with Crippen LogP contribution in [-0.4, -0.2) is 17.3 Å². The zero-order valence-corrected chi connectivity index (χ0v) is 10.9. The van der Waals surface area contributed by atoms with Crippen LogP contribution in [0.25, 0.3) is 0 Å². The molecule has 0 radical (unpaired) electrons. The molecule has 2 aromatic carbocycles. The molecule has 0 aromatic heterocycles. The summed E-state index contributed by atoms with van der Waals surface area (Å²) in [5.74, 6) is 0.433. The van der Waals surface area contributed by atoms with E-state index < -0.39 is 0 Å². The number of rotatable bonds is 5. The van der Waals surface area contributed by atoms with Crippen molar-refractivity contribution in [1.82, 2.24) is 5.32 Å². The Kier molecular flexibility index (Phi) is 3.36. The van der Waals surface area contributed by atoms with Gasteiger partial charge in [0, 0.05) is 18.0 Å². The fraction of sp³-hybridized carbons (Fsp3) is 0.294. The molecule has 0 heterocycles. The Hall–Kier alpha value is -1.64. The lowest BCUT2D eigenvalue weighted by molar-refractivity contribution is 0.225. The van der Waals surface area contributed by atoms with Crippen molar-refractivity contribution in [2.24, 2.45) is 0 Å². The van der Waals surface area contributed by atoms with Crippen molar-refractivity contribution in [1.29, 1.82) is 0 Å². The van der Waals surface area contributed by atoms with Gasteiger partial charge in [-0.25, -0.2) is 0 Å². The van der Waals surface area contributed by atoms with Gasteiger partial charge in [-0.1, -0.05) is 60.7 Å². The Morgan fingerprint density at radius 2 is 1.63 bits per heavy atom. The molecule has 98 valence electrons. The van der Waals surface area contributed by atoms with Crippen molar-refractivity contribution in [3.05, 3.63) is 71.8 Å². The molecule has 0 amide bonds. The Morgan fingerprint density at radius 3 is 2.26 bits per heavy atom. The predicted molar refractivity (Wildman–Crippen MR) is 76.9 cm³/mol. The molecule has 0 aliphatic heterocycles. The molecule has 2 unspecified atom stereocenters. The quantitative estimate of drug-likeness (QED) is 0.858. The van der Waals surface area contributed by atoms with Crippen LogP contribution in [0.4, 0.5) is 0 Å². The standard InChI is InChI=1S/C17H19NO/c19-13-17(18-12-14-7-3-1-4-8-14)11-16(17)15-9-5-2-6-10-15/h1-10,16,18-19H,11-13H2. The first-order valence-electron chi connectivity index (χ1n) is 6.79. The lowest BCUT2D eigenvalue weighted by Crippen LogP contribution is -2.36. The van der Waals surface area contributed by atoms with Crippen molar-refractivity contribution < 1.29 is 5.11 Å². The molecule has 19 heavy (non-hydrogen) atoms. The lowest BCUT2D eigenvalue weighted by Gasteiger charge is -2.17. The Balaban J connectivity index is 1.67. The maximum atomic E-state index is 9.70. The number of aliphatic hydroxyl groups excluding tert-OH is 1. The SMILES string of the molecule is OCC1(NCc2ccccc2)CC1c1ccccc1. The van der Waals surface area contributed by atoms with Gasteiger partial charge >= 0.3 is 0 Å². The zero-order chi connectivity index (χ0) is 13.1. The summed E-state index contributed by atoms with van der Waals surface area (Å²) in [6, 6.07) is 20.8. The van der Waals surface area contributed by atoms with Crippen molar-refractivity contribution in [3.8, 4) is 0 Å². The summed E-state index contributed by atoms with van der Waals surface area (Å²) < 4.78 is 0. The number of benzene rings is 2. The largest absolute Gasteiger partial charge is 0.394 e. The molecular formula is C17H19NO. The van der Waals surface area contributed by atoms with E-state index in [2.05, 4.69) is 41.7 Å². The maximum absolute atomic E-state index is 9.70. The van der Waals surface area contributed by atoms with Crippen LogP contribution in [0.3, 0.4) is 0 Å². The summed E-state index contributed by atoms with van der Waals surface area (Å²) in [5.41, 5.74) is 2.45. The van der Waals surface area contributed by atoms with Crippen molar-refractivity contribution in [2.45, 2.75) is 24.4 Å². The first-order valence-corrected chi connectivity index (χ1v) is 6.79. The highest BCUT2D eigenvalue weighted by Gasteiger charge is 2.53. The highest BCUT2D eigenvalue weighted by Crippen LogP contribution is 2.51. The molecule has 3 rings (SSSR count). The third kappa shape index (κ3) is 2.55. The number of hydrogen-bond acceptors (Lipinski definition) is 2. The smallest absolute Gasteiger partial charge is 0.0619 e. The molecule has 1 saturated carbocycles. The van der Waals surface area contributed by atoms with Crippen LogP contribution in [0.15, 0.2) is 60.7 Å². The van der Waals surface area contributed by atoms with Crippen LogP contribution in [0.1, 0.15) is 23.5 Å². The predicted octanol–water partition coefficient (Wildman–Crippen LogP) is 2.69. The molecule has 1 aliphatic rings. The van der Waals surface area contributed by atoms with E-state index in [4.69, 9.17) is 0 Å². The molecule has 2 heteroatoms. The fourth-order valence-corrected chi connectivity index (χ4v) is 2.73. The minimum Gasteiger partial charge on any atom is -0.394 e. The highest BCUT2D eigenvalue weighted by molar-refractivity contribution is 5.33. The van der Waals surface area contributed by atoms with E-state index >= 15 is 0 Å². The molecule has 2 N–H and O–H groups in total. The first kappa shape index (κ1) is 12.4. The van der Waals surface area contributed by atoms with Gasteiger partial charge in [0.05, 0.1) is 6.61 Å². The summed E-state index contributed by atoms with van der Waals surface area (Å²) in [4.78, 5) is 0. The van der Waals surface area contributed by atoms with E-state index in [0.29, 0.717) is 5.92 Å². The van der Waals surface area contributed by atoms with E-state index in [1.54, 1.807) is 0 Å². The number of nitrogens with one attached hydrogen (secondary N) is 1. The Morgan fingerprint density at radius 1 is 1.00 bits per heavy atom. The van der Waals surface area contributed by atoms with Crippen molar-refractivity contribution >= 4 is 0 Å². The van der Waals surface area contributed by atoms with Gasteiger partial charge in [0.15, 0.2) is 0 Å². The fourth-order valence-electron chi connectivity index (χ4n) is 2.73. The molecule has 2 atom stereocenters. The summed E-state index contributed by atoms with van der Waals surface area (Å²) in [6.07, 6.45) is 1.01. The van der Waals surface area contributed by atoms with Gasteiger partial charge in [0.1, 0.15) is 0 Å². The number of hydrogen-bond donors (Lipinski definition) is 2. The average Bonchev–Trinajstić information content (AvgIpc) is 3.23. The van der Waals surface area contributed by atoms with Gasteiger partial charge in [0.25, 0.3) is 0 Å². The zero-order valence-electron chi connectivity index (χ0n) is 10.9. The lowest BCUT2D eigenvalue weighted by atomic mass is 10.1. The van der Waals surface area contributed by atoms with Gasteiger partial charge in [-0.2, -0.15) is 0 Å². The monoisotopic (exact) mass is 253 g/mol. The van der Waals surface area contributed by atoms with Gasteiger partial charge in [0.2, 0.25) is 0 Å². The molecule has 2 nitrogen and oxygen atoms in total. The Bertz CT molecular complexity index is 525. The van der Waals surface area contributed by atoms with E-state index in [1.165, 1.54) is 11.1 Å². The molecule has 0 spiro atoms. The van der Waals surface area contributed by atoms with Crippen LogP contribution >= 0.6 is 0 Å². The summed E-state index contributed by atoms with van der Waals surface area (Å²) in [5, 5.41) is 13.2. The second-order valence-corrected chi connectivity index (χ2v) is 5.32. The van der Waals surface area contributed by atoms with E-state index in [-0.39, 0.29) is 12.1 Å². The van der Waals surface area contributed by atoms with Crippen LogP contribution in [0.5, 0.6) is 0 Å². The molecular weight excluding hydrogens is 234 g/mol. The normalized spacial score (nSPS) is 25.2. The van der Waals surface area contributed by atoms with Crippen molar-refractivity contribution in [3.63, 3.8) is 0 Å². The van der Waals surface area contributed by atoms with E-state index in [9.17, 15) is 5.11 Å². The van der Waals surface area contributed by atoms with Gasteiger partial charge in [-0.3, -0.25) is 0 Å². The minimum absolute atomic E-state index is 0.128. The van der Waals surface area contributed by atoms with E-state index in [1.807, 2.05) is 24.3 Å².